The molecule has 0 spiro atoms. The molecular formula is C19H16N2O3. The van der Waals surface area contributed by atoms with Crippen molar-refractivity contribution in [3.63, 3.8) is 0 Å². The van der Waals surface area contributed by atoms with Crippen molar-refractivity contribution in [1.29, 1.82) is 0 Å². The number of allylic oxidation sites excluding steroid dienone is 1. The van der Waals surface area contributed by atoms with Gasteiger partial charge >= 0.3 is 5.97 Å². The number of aromatic hydroxyl groups is 1. The second kappa shape index (κ2) is 6.04. The molecule has 3 N–H and O–H groups in total. The first-order chi connectivity index (χ1) is 11.4. The number of hydrogen-bond acceptors (Lipinski definition) is 4. The van der Waals surface area contributed by atoms with Crippen molar-refractivity contribution >= 4 is 17.4 Å². The van der Waals surface area contributed by atoms with Gasteiger partial charge in [0.1, 0.15) is 11.6 Å². The zero-order valence-electron chi connectivity index (χ0n) is 13.1. The van der Waals surface area contributed by atoms with Gasteiger partial charge in [0.25, 0.3) is 0 Å². The van der Waals surface area contributed by atoms with Crippen molar-refractivity contribution < 1.29 is 15.0 Å². The number of hydrogen-bond donors (Lipinski definition) is 3. The molecule has 0 amide bonds. The monoisotopic (exact) mass is 320 g/mol. The SMILES string of the molecule is C=C1N=C(c2ccc(O)c(C)c2)C=C(c2cccc(C(=O)O)c2)N1. The van der Waals surface area contributed by atoms with E-state index in [2.05, 4.69) is 16.9 Å². The average Bonchev–Trinajstić information content (AvgIpc) is 2.57. The molecule has 5 nitrogen and oxygen atoms in total. The van der Waals surface area contributed by atoms with Crippen molar-refractivity contribution in [2.45, 2.75) is 6.92 Å². The molecule has 0 unspecified atom stereocenters. The molecule has 0 fully saturated rings. The number of aryl methyl sites for hydroxylation is 1. The van der Waals surface area contributed by atoms with Crippen LogP contribution in [-0.2, 0) is 0 Å². The minimum atomic E-state index is -0.977. The van der Waals surface area contributed by atoms with Gasteiger partial charge in [0.05, 0.1) is 11.3 Å². The van der Waals surface area contributed by atoms with E-state index in [0.717, 1.165) is 22.4 Å². The van der Waals surface area contributed by atoms with Crippen LogP contribution in [0.1, 0.15) is 27.0 Å². The molecule has 0 bridgehead atoms. The molecule has 24 heavy (non-hydrogen) atoms. The summed E-state index contributed by atoms with van der Waals surface area (Å²) in [5, 5.41) is 21.9. The Morgan fingerprint density at radius 2 is 1.96 bits per heavy atom. The standard InChI is InChI=1S/C19H16N2O3/c1-11-8-14(6-7-18(11)22)17-10-16(20-12(2)21-17)13-4-3-5-15(9-13)19(23)24/h3-10,20,22H,2H2,1H3,(H,23,24). The number of nitrogens with zero attached hydrogens (tertiary/aromatic N) is 1. The van der Waals surface area contributed by atoms with E-state index in [-0.39, 0.29) is 11.3 Å². The molecule has 0 radical (unpaired) electrons. The van der Waals surface area contributed by atoms with Crippen LogP contribution in [0.15, 0.2) is 65.9 Å². The van der Waals surface area contributed by atoms with Gasteiger partial charge in [0.2, 0.25) is 0 Å². The summed E-state index contributed by atoms with van der Waals surface area (Å²) in [6.45, 7) is 5.67. The first kappa shape index (κ1) is 15.6. The summed E-state index contributed by atoms with van der Waals surface area (Å²) in [6, 6.07) is 11.9. The molecule has 3 rings (SSSR count). The number of rotatable bonds is 3. The van der Waals surface area contributed by atoms with Crippen LogP contribution in [0.4, 0.5) is 0 Å². The summed E-state index contributed by atoms with van der Waals surface area (Å²) in [5.74, 6) is -0.283. The van der Waals surface area contributed by atoms with Crippen molar-refractivity contribution in [1.82, 2.24) is 5.32 Å². The fourth-order valence-electron chi connectivity index (χ4n) is 2.47. The molecule has 0 saturated heterocycles. The van der Waals surface area contributed by atoms with Crippen LogP contribution in [-0.4, -0.2) is 21.9 Å². The van der Waals surface area contributed by atoms with Crippen LogP contribution in [0.2, 0.25) is 0 Å². The van der Waals surface area contributed by atoms with Crippen molar-refractivity contribution in [2.24, 2.45) is 4.99 Å². The second-order valence-electron chi connectivity index (χ2n) is 5.51. The first-order valence-electron chi connectivity index (χ1n) is 7.34. The van der Waals surface area contributed by atoms with Crippen molar-refractivity contribution in [3.8, 4) is 5.75 Å². The lowest BCUT2D eigenvalue weighted by Crippen LogP contribution is -2.18. The fourth-order valence-corrected chi connectivity index (χ4v) is 2.47. The highest BCUT2D eigenvalue weighted by molar-refractivity contribution is 6.13. The summed E-state index contributed by atoms with van der Waals surface area (Å²) in [7, 11) is 0. The molecule has 2 aromatic rings. The molecule has 1 heterocycles. The largest absolute Gasteiger partial charge is 0.508 e. The lowest BCUT2D eigenvalue weighted by atomic mass is 10.0. The van der Waals surface area contributed by atoms with E-state index < -0.39 is 5.97 Å². The van der Waals surface area contributed by atoms with Crippen LogP contribution in [0.5, 0.6) is 5.75 Å². The van der Waals surface area contributed by atoms with Crippen LogP contribution < -0.4 is 5.32 Å². The normalized spacial score (nSPS) is 13.8. The highest BCUT2D eigenvalue weighted by Crippen LogP contribution is 2.23. The van der Waals surface area contributed by atoms with E-state index in [1.165, 1.54) is 0 Å². The fraction of sp³-hybridized carbons (Fsp3) is 0.0526. The molecule has 0 aromatic heterocycles. The lowest BCUT2D eigenvalue weighted by molar-refractivity contribution is 0.0697. The van der Waals surface area contributed by atoms with Crippen LogP contribution in [0.25, 0.3) is 5.70 Å². The van der Waals surface area contributed by atoms with Gasteiger partial charge in [0, 0.05) is 11.3 Å². The van der Waals surface area contributed by atoms with Gasteiger partial charge in [-0.25, -0.2) is 9.79 Å². The molecule has 5 heteroatoms. The lowest BCUT2D eigenvalue weighted by Gasteiger charge is -2.18. The summed E-state index contributed by atoms with van der Waals surface area (Å²) in [4.78, 5) is 15.5. The molecule has 0 atom stereocenters. The highest BCUT2D eigenvalue weighted by atomic mass is 16.4. The van der Waals surface area contributed by atoms with Gasteiger partial charge in [0.15, 0.2) is 0 Å². The Morgan fingerprint density at radius 1 is 1.17 bits per heavy atom. The number of carboxylic acid groups (broad SMARTS) is 1. The highest BCUT2D eigenvalue weighted by Gasteiger charge is 2.14. The van der Waals surface area contributed by atoms with E-state index in [1.54, 1.807) is 30.3 Å². The van der Waals surface area contributed by atoms with Crippen LogP contribution in [0, 0.1) is 6.92 Å². The predicted octanol–water partition coefficient (Wildman–Crippen LogP) is 3.30. The molecule has 120 valence electrons. The minimum Gasteiger partial charge on any atom is -0.508 e. The quantitative estimate of drug-likeness (QED) is 0.810. The smallest absolute Gasteiger partial charge is 0.335 e. The third kappa shape index (κ3) is 3.05. The maximum absolute atomic E-state index is 11.2. The van der Waals surface area contributed by atoms with Gasteiger partial charge in [-0.05, 0) is 54.5 Å². The van der Waals surface area contributed by atoms with Gasteiger partial charge in [-0.15, -0.1) is 0 Å². The molecule has 2 aromatic carbocycles. The summed E-state index contributed by atoms with van der Waals surface area (Å²) in [6.07, 6.45) is 1.83. The van der Waals surface area contributed by atoms with Gasteiger partial charge in [-0.2, -0.15) is 0 Å². The number of aromatic carboxylic acids is 1. The van der Waals surface area contributed by atoms with E-state index in [4.69, 9.17) is 5.11 Å². The Bertz CT molecular complexity index is 911. The zero-order chi connectivity index (χ0) is 17.3. The Kier molecular flexibility index (Phi) is 3.92. The molecule has 1 aliphatic rings. The van der Waals surface area contributed by atoms with Gasteiger partial charge in [-0.3, -0.25) is 0 Å². The Labute approximate surface area is 139 Å². The summed E-state index contributed by atoms with van der Waals surface area (Å²) < 4.78 is 0. The number of nitrogens with one attached hydrogen (secondary N) is 1. The topological polar surface area (TPSA) is 81.9 Å². The maximum Gasteiger partial charge on any atom is 0.335 e. The predicted molar refractivity (Wildman–Crippen MR) is 93.0 cm³/mol. The Balaban J connectivity index is 2.03. The first-order valence-corrected chi connectivity index (χ1v) is 7.34. The maximum atomic E-state index is 11.2. The molecular weight excluding hydrogens is 304 g/mol. The number of phenolic OH excluding ortho intramolecular Hbond substituents is 1. The van der Waals surface area contributed by atoms with Gasteiger partial charge < -0.3 is 15.5 Å². The zero-order valence-corrected chi connectivity index (χ0v) is 13.1. The molecule has 0 aliphatic carbocycles. The van der Waals surface area contributed by atoms with Crippen LogP contribution in [0.3, 0.4) is 0 Å². The number of aliphatic imine (C=N–C) groups is 1. The van der Waals surface area contributed by atoms with E-state index in [0.29, 0.717) is 11.5 Å². The van der Waals surface area contributed by atoms with Gasteiger partial charge in [-0.1, -0.05) is 18.7 Å². The summed E-state index contributed by atoms with van der Waals surface area (Å²) >= 11 is 0. The second-order valence-corrected chi connectivity index (χ2v) is 5.51. The minimum absolute atomic E-state index is 0.213. The van der Waals surface area contributed by atoms with Crippen molar-refractivity contribution in [3.05, 3.63) is 83.2 Å². The summed E-state index contributed by atoms with van der Waals surface area (Å²) in [5.41, 5.74) is 3.96. The van der Waals surface area contributed by atoms with E-state index in [1.807, 2.05) is 25.1 Å². The molecule has 1 aliphatic heterocycles. The Hall–Kier alpha value is -3.34. The number of benzene rings is 2. The number of carbonyl (C=O) groups is 1. The Morgan fingerprint density at radius 3 is 2.67 bits per heavy atom. The molecule has 0 saturated carbocycles. The third-order valence-electron chi connectivity index (χ3n) is 3.73. The van der Waals surface area contributed by atoms with Crippen LogP contribution >= 0.6 is 0 Å². The number of carboxylic acids is 1. The van der Waals surface area contributed by atoms with E-state index in [9.17, 15) is 9.90 Å². The third-order valence-corrected chi connectivity index (χ3v) is 3.73. The van der Waals surface area contributed by atoms with Crippen molar-refractivity contribution in [2.75, 3.05) is 0 Å². The van der Waals surface area contributed by atoms with E-state index >= 15 is 0 Å². The average molecular weight is 320 g/mol. The number of phenols is 1.